The van der Waals surface area contributed by atoms with E-state index in [2.05, 4.69) is 25.4 Å². The summed E-state index contributed by atoms with van der Waals surface area (Å²) in [6, 6.07) is -0.148. The third-order valence-corrected chi connectivity index (χ3v) is 6.29. The fourth-order valence-corrected chi connectivity index (χ4v) is 4.79. The predicted octanol–water partition coefficient (Wildman–Crippen LogP) is 2.45. The fourth-order valence-electron chi connectivity index (χ4n) is 4.79. The van der Waals surface area contributed by atoms with Crippen molar-refractivity contribution < 1.29 is 23.9 Å². The van der Waals surface area contributed by atoms with Gasteiger partial charge in [-0.3, -0.25) is 4.79 Å². The summed E-state index contributed by atoms with van der Waals surface area (Å²) in [4.78, 5) is 35.4. The lowest BCUT2D eigenvalue weighted by Crippen LogP contribution is -2.50. The maximum Gasteiger partial charge on any atom is 0.334 e. The average molecular weight is 373 g/mol. The van der Waals surface area contributed by atoms with Crippen LogP contribution in [0.2, 0.25) is 0 Å². The van der Waals surface area contributed by atoms with E-state index in [9.17, 15) is 14.4 Å². The second-order valence-electron chi connectivity index (χ2n) is 7.98. The Hall–Kier alpha value is -2.37. The van der Waals surface area contributed by atoms with Crippen LogP contribution in [0.4, 0.5) is 0 Å². The van der Waals surface area contributed by atoms with E-state index in [0.29, 0.717) is 5.57 Å². The third-order valence-electron chi connectivity index (χ3n) is 6.29. The van der Waals surface area contributed by atoms with E-state index >= 15 is 0 Å². The van der Waals surface area contributed by atoms with Gasteiger partial charge >= 0.3 is 11.9 Å². The first-order chi connectivity index (χ1) is 12.7. The van der Waals surface area contributed by atoms with Gasteiger partial charge in [-0.1, -0.05) is 25.7 Å². The van der Waals surface area contributed by atoms with Crippen LogP contribution in [0.3, 0.4) is 0 Å². The predicted molar refractivity (Wildman–Crippen MR) is 99.4 cm³/mol. The Balaban J connectivity index is 1.66. The molecule has 3 fully saturated rings. The van der Waals surface area contributed by atoms with E-state index < -0.39 is 5.97 Å². The summed E-state index contributed by atoms with van der Waals surface area (Å²) in [7, 11) is 0. The van der Waals surface area contributed by atoms with Crippen LogP contribution >= 0.6 is 0 Å². The Labute approximate surface area is 159 Å². The van der Waals surface area contributed by atoms with Crippen molar-refractivity contribution in [2.75, 3.05) is 6.61 Å². The summed E-state index contributed by atoms with van der Waals surface area (Å²) in [6.45, 7) is 12.4. The van der Waals surface area contributed by atoms with Gasteiger partial charge in [0.15, 0.2) is 0 Å². The summed E-state index contributed by atoms with van der Waals surface area (Å²) in [6.07, 6.45) is 5.50. The van der Waals surface area contributed by atoms with Crippen molar-refractivity contribution in [1.29, 1.82) is 0 Å². The largest absolute Gasteiger partial charge is 0.463 e. The van der Waals surface area contributed by atoms with Crippen LogP contribution in [0.25, 0.3) is 0 Å². The lowest BCUT2D eigenvalue weighted by molar-refractivity contribution is -0.142. The minimum absolute atomic E-state index is 0.00511. The number of esters is 2. The molecule has 1 amide bonds. The number of ether oxygens (including phenoxy) is 2. The molecule has 0 radical (unpaired) electrons. The topological polar surface area (TPSA) is 81.7 Å². The van der Waals surface area contributed by atoms with Crippen molar-refractivity contribution in [3.05, 3.63) is 36.5 Å². The van der Waals surface area contributed by atoms with Gasteiger partial charge in [0.25, 0.3) is 0 Å². The number of amides is 1. The van der Waals surface area contributed by atoms with Gasteiger partial charge in [0, 0.05) is 23.6 Å². The zero-order valence-corrected chi connectivity index (χ0v) is 16.0. The van der Waals surface area contributed by atoms with Crippen molar-refractivity contribution in [2.45, 2.75) is 51.7 Å². The monoisotopic (exact) mass is 373 g/mol. The molecule has 3 aliphatic rings. The zero-order valence-electron chi connectivity index (χ0n) is 16.0. The van der Waals surface area contributed by atoms with Gasteiger partial charge < -0.3 is 14.8 Å². The van der Waals surface area contributed by atoms with Gasteiger partial charge in [-0.2, -0.15) is 0 Å². The van der Waals surface area contributed by atoms with Gasteiger partial charge in [-0.05, 0) is 43.9 Å². The van der Waals surface area contributed by atoms with Gasteiger partial charge in [-0.25, -0.2) is 9.59 Å². The smallest absolute Gasteiger partial charge is 0.334 e. The van der Waals surface area contributed by atoms with E-state index in [1.54, 1.807) is 6.92 Å². The molecule has 1 aliphatic heterocycles. The SMILES string of the molecule is C=C1C(=O)O[C@@H]2C[C@@]3(C)CC[C@@H](NC(=O)/C=C/C(=O)OCC)C(=C)[C@@H]3C[C@H]12. The molecule has 0 aromatic heterocycles. The van der Waals surface area contributed by atoms with Gasteiger partial charge in [0.05, 0.1) is 12.6 Å². The number of hydrogen-bond acceptors (Lipinski definition) is 5. The maximum absolute atomic E-state index is 12.2. The van der Waals surface area contributed by atoms with Crippen LogP contribution in [0.5, 0.6) is 0 Å². The first-order valence-corrected chi connectivity index (χ1v) is 9.49. The van der Waals surface area contributed by atoms with Crippen molar-refractivity contribution in [1.82, 2.24) is 5.32 Å². The summed E-state index contributed by atoms with van der Waals surface area (Å²) in [5, 5.41) is 2.94. The highest BCUT2D eigenvalue weighted by atomic mass is 16.6. The summed E-state index contributed by atoms with van der Waals surface area (Å²) >= 11 is 0. The van der Waals surface area contributed by atoms with E-state index in [4.69, 9.17) is 9.47 Å². The van der Waals surface area contributed by atoms with Gasteiger partial charge in [-0.15, -0.1) is 0 Å². The van der Waals surface area contributed by atoms with Gasteiger partial charge in [0.1, 0.15) is 6.10 Å². The number of hydrogen-bond donors (Lipinski definition) is 1. The van der Waals surface area contributed by atoms with Crippen molar-refractivity contribution >= 4 is 17.8 Å². The second-order valence-corrected chi connectivity index (χ2v) is 7.98. The molecule has 0 unspecified atom stereocenters. The standard InChI is InChI=1S/C21H27NO5/c1-5-26-19(24)7-6-18(23)22-16-8-9-21(4)11-17-14(10-15(21)13(16)3)12(2)20(25)27-17/h6-7,14-17H,2-3,5,8-11H2,1,4H3,(H,22,23)/b7-6+/t14-,15+,16-,17-,21-/m1/s1. The molecule has 27 heavy (non-hydrogen) atoms. The molecule has 0 aromatic rings. The van der Waals surface area contributed by atoms with E-state index in [-0.39, 0.29) is 47.9 Å². The highest BCUT2D eigenvalue weighted by Crippen LogP contribution is 2.56. The molecule has 146 valence electrons. The minimum Gasteiger partial charge on any atom is -0.463 e. The Morgan fingerprint density at radius 3 is 2.81 bits per heavy atom. The molecule has 0 aromatic carbocycles. The molecule has 2 aliphatic carbocycles. The van der Waals surface area contributed by atoms with Crippen LogP contribution in [0, 0.1) is 17.3 Å². The summed E-state index contributed by atoms with van der Waals surface area (Å²) in [5.41, 5.74) is 1.54. The molecule has 1 heterocycles. The number of carbonyl (C=O) groups is 3. The number of carbonyl (C=O) groups excluding carboxylic acids is 3. The van der Waals surface area contributed by atoms with Crippen LogP contribution in [0.1, 0.15) is 39.5 Å². The Morgan fingerprint density at radius 1 is 1.37 bits per heavy atom. The number of nitrogens with one attached hydrogen (secondary N) is 1. The summed E-state index contributed by atoms with van der Waals surface area (Å²) < 4.78 is 10.3. The van der Waals surface area contributed by atoms with Crippen molar-refractivity contribution in [3.8, 4) is 0 Å². The van der Waals surface area contributed by atoms with Crippen molar-refractivity contribution in [2.24, 2.45) is 17.3 Å². The molecule has 6 heteroatoms. The first kappa shape index (κ1) is 19.4. The van der Waals surface area contributed by atoms with Crippen molar-refractivity contribution in [3.63, 3.8) is 0 Å². The zero-order chi connectivity index (χ0) is 19.8. The highest BCUT2D eigenvalue weighted by Gasteiger charge is 2.54. The minimum atomic E-state index is -0.537. The lowest BCUT2D eigenvalue weighted by Gasteiger charge is -2.51. The maximum atomic E-state index is 12.2. The normalized spacial score (nSPS) is 35.4. The van der Waals surface area contributed by atoms with E-state index in [1.165, 1.54) is 6.08 Å². The average Bonchev–Trinajstić information content (AvgIpc) is 2.88. The quantitative estimate of drug-likeness (QED) is 0.465. The molecule has 0 bridgehead atoms. The van der Waals surface area contributed by atoms with Crippen LogP contribution < -0.4 is 5.32 Å². The van der Waals surface area contributed by atoms with Crippen LogP contribution in [-0.4, -0.2) is 36.6 Å². The Morgan fingerprint density at radius 2 is 2.11 bits per heavy atom. The number of rotatable bonds is 4. The lowest BCUT2D eigenvalue weighted by atomic mass is 9.55. The third kappa shape index (κ3) is 3.70. The first-order valence-electron chi connectivity index (χ1n) is 9.49. The number of fused-ring (bicyclic) bond motifs is 2. The van der Waals surface area contributed by atoms with Crippen LogP contribution in [-0.2, 0) is 23.9 Å². The van der Waals surface area contributed by atoms with Crippen LogP contribution in [0.15, 0.2) is 36.5 Å². The highest BCUT2D eigenvalue weighted by molar-refractivity contribution is 5.94. The molecular formula is C21H27NO5. The molecule has 0 spiro atoms. The van der Waals surface area contributed by atoms with E-state index in [0.717, 1.165) is 37.3 Å². The molecule has 1 saturated heterocycles. The summed E-state index contributed by atoms with van der Waals surface area (Å²) in [5.74, 6) is -0.934. The van der Waals surface area contributed by atoms with Gasteiger partial charge in [0.2, 0.25) is 5.91 Å². The Kier molecular flexibility index (Phi) is 5.27. The molecule has 3 rings (SSSR count). The molecule has 1 N–H and O–H groups in total. The Bertz CT molecular complexity index is 724. The molecule has 6 nitrogen and oxygen atoms in total. The molecule has 5 atom stereocenters. The molecular weight excluding hydrogens is 346 g/mol. The second kappa shape index (κ2) is 7.33. The fraction of sp³-hybridized carbons (Fsp3) is 0.571. The molecule has 2 saturated carbocycles. The van der Waals surface area contributed by atoms with E-state index in [1.807, 2.05) is 0 Å².